The van der Waals surface area contributed by atoms with Crippen molar-refractivity contribution in [2.45, 2.75) is 38.1 Å². The van der Waals surface area contributed by atoms with Crippen LogP contribution in [0.4, 0.5) is 26.3 Å². The number of fused-ring (bicyclic) bond motifs is 1. The summed E-state index contributed by atoms with van der Waals surface area (Å²) in [5.41, 5.74) is 4.49. The predicted octanol–water partition coefficient (Wildman–Crippen LogP) is 1.39. The van der Waals surface area contributed by atoms with Gasteiger partial charge in [-0.2, -0.15) is 13.2 Å². The molecule has 1 amide bonds. The van der Waals surface area contributed by atoms with E-state index in [1.165, 1.54) is 0 Å². The molecule has 1 aliphatic rings. The summed E-state index contributed by atoms with van der Waals surface area (Å²) in [5, 5.41) is 9.16. The first-order valence-corrected chi connectivity index (χ1v) is 11.3. The number of aromatic carboxylic acids is 1. The third kappa shape index (κ3) is 7.76. The lowest BCUT2D eigenvalue weighted by molar-refractivity contribution is -0.148. The van der Waals surface area contributed by atoms with Gasteiger partial charge < -0.3 is 35.0 Å². The minimum atomic E-state index is -4.87. The molecule has 11 nitrogen and oxygen atoms in total. The van der Waals surface area contributed by atoms with Gasteiger partial charge in [0.2, 0.25) is 11.7 Å². The van der Waals surface area contributed by atoms with Crippen LogP contribution in [0.25, 0.3) is 0 Å². The summed E-state index contributed by atoms with van der Waals surface area (Å²) in [5.74, 6) is -7.33. The van der Waals surface area contributed by atoms with Gasteiger partial charge in [0.1, 0.15) is 5.82 Å². The van der Waals surface area contributed by atoms with Gasteiger partial charge in [-0.3, -0.25) is 4.79 Å². The molecule has 18 heteroatoms. The summed E-state index contributed by atoms with van der Waals surface area (Å²) in [6.07, 6.45) is -5.54. The molecule has 0 radical (unpaired) electrons. The van der Waals surface area contributed by atoms with Crippen LogP contribution < -0.4 is 5.73 Å². The Kier molecular flexibility index (Phi) is 8.91. The summed E-state index contributed by atoms with van der Waals surface area (Å²) in [4.78, 5) is 49.7. The fourth-order valence-corrected chi connectivity index (χ4v) is 3.40. The van der Waals surface area contributed by atoms with Gasteiger partial charge in [-0.15, -0.1) is 0 Å². The maximum absolute atomic E-state index is 13.8. The molecule has 0 saturated carbocycles. The van der Waals surface area contributed by atoms with E-state index in [1.54, 1.807) is 0 Å². The number of carbonyl (C=O) groups is 2. The van der Waals surface area contributed by atoms with Crippen LogP contribution in [0.3, 0.4) is 0 Å². The number of hydrogen-bond donors (Lipinski definition) is 5. The van der Waals surface area contributed by atoms with E-state index < -0.39 is 67.4 Å². The van der Waals surface area contributed by atoms with Crippen molar-refractivity contribution in [2.24, 2.45) is 5.73 Å². The number of aromatic nitrogens is 2. The van der Waals surface area contributed by atoms with Crippen LogP contribution >= 0.6 is 7.82 Å². The number of imidazole rings is 1. The number of benzene rings is 1. The smallest absolute Gasteiger partial charge is 0.466 e. The Morgan fingerprint density at radius 1 is 1.08 bits per heavy atom. The summed E-state index contributed by atoms with van der Waals surface area (Å²) >= 11 is 0. The topological polar surface area (TPSA) is 179 Å². The van der Waals surface area contributed by atoms with Crippen molar-refractivity contribution >= 4 is 19.7 Å². The number of carboxylic acid groups (broad SMARTS) is 1. The molecule has 0 spiro atoms. The van der Waals surface area contributed by atoms with Crippen molar-refractivity contribution in [3.8, 4) is 0 Å². The molecule has 200 valence electrons. The third-order valence-electron chi connectivity index (χ3n) is 4.82. The second kappa shape index (κ2) is 11.0. The number of carboxylic acids is 1. The van der Waals surface area contributed by atoms with E-state index in [4.69, 9.17) is 30.1 Å². The molecule has 36 heavy (non-hydrogen) atoms. The van der Waals surface area contributed by atoms with Crippen molar-refractivity contribution in [3.63, 3.8) is 0 Å². The van der Waals surface area contributed by atoms with Crippen LogP contribution in [-0.2, 0) is 35.0 Å². The summed E-state index contributed by atoms with van der Waals surface area (Å²) in [6.45, 7) is -0.921. The van der Waals surface area contributed by atoms with Gasteiger partial charge in [0.25, 0.3) is 0 Å². The number of nitrogens with two attached hydrogens (primary N) is 1. The quantitative estimate of drug-likeness (QED) is 0.210. The summed E-state index contributed by atoms with van der Waals surface area (Å²) in [7, 11) is -4.64. The molecule has 2 aromatic rings. The van der Waals surface area contributed by atoms with Crippen LogP contribution in [-0.4, -0.2) is 58.7 Å². The zero-order valence-electron chi connectivity index (χ0n) is 17.9. The van der Waals surface area contributed by atoms with E-state index in [-0.39, 0.29) is 37.2 Å². The normalized spacial score (nSPS) is 14.6. The van der Waals surface area contributed by atoms with Gasteiger partial charge >= 0.3 is 20.0 Å². The van der Waals surface area contributed by atoms with E-state index in [0.717, 1.165) is 4.90 Å². The van der Waals surface area contributed by atoms with Crippen LogP contribution in [0.1, 0.15) is 34.0 Å². The first-order chi connectivity index (χ1) is 16.4. The van der Waals surface area contributed by atoms with Gasteiger partial charge in [-0.05, 0) is 18.1 Å². The maximum atomic E-state index is 13.8. The Morgan fingerprint density at radius 3 is 2.17 bits per heavy atom. The lowest BCUT2D eigenvalue weighted by Gasteiger charge is -2.30. The fraction of sp³-hybridized carbons (Fsp3) is 0.389. The van der Waals surface area contributed by atoms with Crippen molar-refractivity contribution in [3.05, 3.63) is 52.4 Å². The van der Waals surface area contributed by atoms with E-state index in [0.29, 0.717) is 16.7 Å². The number of hydrogen-bond acceptors (Lipinski definition) is 5. The Morgan fingerprint density at radius 2 is 1.64 bits per heavy atom. The second-order valence-electron chi connectivity index (χ2n) is 7.54. The molecule has 2 heterocycles. The molecule has 0 saturated heterocycles. The summed E-state index contributed by atoms with van der Waals surface area (Å²) < 4.78 is 89.0. The van der Waals surface area contributed by atoms with Crippen LogP contribution in [0, 0.1) is 17.5 Å². The highest BCUT2D eigenvalue weighted by Crippen LogP contribution is 2.32. The van der Waals surface area contributed by atoms with Crippen LogP contribution in [0.15, 0.2) is 12.1 Å². The van der Waals surface area contributed by atoms with Gasteiger partial charge in [-0.25, -0.2) is 27.5 Å². The highest BCUT2D eigenvalue weighted by Gasteiger charge is 2.41. The monoisotopic (exact) mass is 548 g/mol. The molecule has 0 bridgehead atoms. The zero-order valence-corrected chi connectivity index (χ0v) is 18.8. The zero-order chi connectivity index (χ0) is 27.6. The predicted molar refractivity (Wildman–Crippen MR) is 106 cm³/mol. The first kappa shape index (κ1) is 29.3. The largest absolute Gasteiger partial charge is 0.476 e. The molecule has 1 aromatic heterocycles. The molecule has 6 N–H and O–H groups in total. The van der Waals surface area contributed by atoms with E-state index in [1.807, 2.05) is 0 Å². The second-order valence-corrected chi connectivity index (χ2v) is 8.57. The van der Waals surface area contributed by atoms with Crippen LogP contribution in [0.2, 0.25) is 0 Å². The first-order valence-electron chi connectivity index (χ1n) is 9.73. The minimum absolute atomic E-state index is 0.156. The maximum Gasteiger partial charge on any atom is 0.466 e. The van der Waals surface area contributed by atoms with E-state index >= 15 is 0 Å². The highest BCUT2D eigenvalue weighted by atomic mass is 31.2. The Hall–Kier alpha value is -2.98. The van der Waals surface area contributed by atoms with Crippen LogP contribution in [0.5, 0.6) is 0 Å². The lowest BCUT2D eigenvalue weighted by Crippen LogP contribution is -2.42. The lowest BCUT2D eigenvalue weighted by atomic mass is 10.0. The third-order valence-corrected chi connectivity index (χ3v) is 4.82. The Balaban J connectivity index is 0.000000830. The van der Waals surface area contributed by atoms with Crippen molar-refractivity contribution < 1.29 is 60.3 Å². The number of amides is 1. The number of phosphoric acid groups is 1. The van der Waals surface area contributed by atoms with Gasteiger partial charge in [0.05, 0.1) is 12.2 Å². The average Bonchev–Trinajstić information content (AvgIpc) is 3.10. The Bertz CT molecular complexity index is 1190. The number of halogens is 6. The fourth-order valence-electron chi connectivity index (χ4n) is 3.40. The van der Waals surface area contributed by atoms with E-state index in [9.17, 15) is 35.9 Å². The summed E-state index contributed by atoms with van der Waals surface area (Å²) in [6, 6.07) is -0.00786. The van der Waals surface area contributed by atoms with E-state index in [2.05, 4.69) is 4.98 Å². The average molecular weight is 548 g/mol. The van der Waals surface area contributed by atoms with Crippen molar-refractivity contribution in [1.29, 1.82) is 0 Å². The molecular weight excluding hydrogens is 529 g/mol. The van der Waals surface area contributed by atoms with Gasteiger partial charge in [0, 0.05) is 31.6 Å². The molecule has 0 fully saturated rings. The molecule has 1 unspecified atom stereocenters. The number of nitrogens with zero attached hydrogens (tertiary/aromatic N) is 3. The van der Waals surface area contributed by atoms with Gasteiger partial charge in [0.15, 0.2) is 17.3 Å². The molecule has 3 rings (SSSR count). The minimum Gasteiger partial charge on any atom is -0.476 e. The van der Waals surface area contributed by atoms with Crippen molar-refractivity contribution in [1.82, 2.24) is 14.5 Å². The molecule has 1 aromatic carbocycles. The number of carbonyl (C=O) groups excluding carboxylic acids is 1. The van der Waals surface area contributed by atoms with Gasteiger partial charge in [-0.1, -0.05) is 0 Å². The van der Waals surface area contributed by atoms with Crippen molar-refractivity contribution in [2.75, 3.05) is 6.54 Å². The molecule has 1 atom stereocenters. The Labute approximate surface area is 198 Å². The molecule has 0 aliphatic carbocycles. The SMILES string of the molecule is NC(CC(=O)N1CCn2c(C(F)(F)F)nc(C(=O)O)c2C1)Cc1cc(F)c(F)cc1F.O=P(O)(O)O. The number of alkyl halides is 3. The highest BCUT2D eigenvalue weighted by molar-refractivity contribution is 7.45. The standard InChI is InChI=1S/C18H16F6N4O3.H3O4P/c19-10-6-12(21)11(20)4-8(10)3-9(25)5-14(29)27-1-2-28-13(7-27)15(16(30)31)26-17(28)18(22,23)24;1-5(2,3)4/h4,6,9H,1-3,5,7,25H2,(H,30,31);(H3,1,2,3,4). The number of rotatable bonds is 5. The molecule has 1 aliphatic heterocycles. The molecular formula is C18H19F6N4O7P.